The van der Waals surface area contributed by atoms with Crippen LogP contribution in [0.15, 0.2) is 44.7 Å². The maximum Gasteiger partial charge on any atom is 0.246 e. The van der Waals surface area contributed by atoms with Crippen LogP contribution >= 0.6 is 35.7 Å². The van der Waals surface area contributed by atoms with Gasteiger partial charge in [0.1, 0.15) is 0 Å². The number of hydrogen-bond donors (Lipinski definition) is 1. The van der Waals surface area contributed by atoms with Gasteiger partial charge in [-0.3, -0.25) is 4.99 Å². The lowest BCUT2D eigenvalue weighted by molar-refractivity contribution is 0.368. The topological polar surface area (TPSA) is 66.5 Å². The SMILES string of the molecule is CN=C(NCc1nc(C)no1)N1CCC(CSc2ccccc2)C1.I. The van der Waals surface area contributed by atoms with Gasteiger partial charge in [0.2, 0.25) is 5.89 Å². The van der Waals surface area contributed by atoms with E-state index < -0.39 is 0 Å². The van der Waals surface area contributed by atoms with Gasteiger partial charge in [-0.2, -0.15) is 4.98 Å². The molecule has 8 heteroatoms. The second kappa shape index (κ2) is 10.0. The van der Waals surface area contributed by atoms with E-state index in [1.54, 1.807) is 0 Å². The third kappa shape index (κ3) is 5.88. The number of aliphatic imine (C=N–C) groups is 1. The number of aromatic nitrogens is 2. The molecule has 1 aliphatic rings. The highest BCUT2D eigenvalue weighted by atomic mass is 127. The maximum atomic E-state index is 5.13. The Balaban J connectivity index is 0.00000225. The standard InChI is InChI=1S/C17H23N5OS.HI/c1-13-20-16(23-21-13)10-19-17(18-2)22-9-8-14(11-22)12-24-15-6-4-3-5-7-15;/h3-7,14H,8-12H2,1-2H3,(H,18,19);1H. The summed E-state index contributed by atoms with van der Waals surface area (Å²) in [7, 11) is 1.81. The summed E-state index contributed by atoms with van der Waals surface area (Å²) in [6.45, 7) is 4.38. The average molecular weight is 473 g/mol. The largest absolute Gasteiger partial charge is 0.347 e. The molecule has 25 heavy (non-hydrogen) atoms. The summed E-state index contributed by atoms with van der Waals surface area (Å²) in [5.74, 6) is 3.96. The molecule has 1 aromatic carbocycles. The molecule has 1 saturated heterocycles. The summed E-state index contributed by atoms with van der Waals surface area (Å²) in [5.41, 5.74) is 0. The quantitative estimate of drug-likeness (QED) is 0.312. The molecule has 136 valence electrons. The van der Waals surface area contributed by atoms with Gasteiger partial charge >= 0.3 is 0 Å². The summed E-state index contributed by atoms with van der Waals surface area (Å²) in [5, 5.41) is 7.11. The molecule has 1 unspecified atom stereocenters. The number of guanidine groups is 1. The fourth-order valence-corrected chi connectivity index (χ4v) is 3.84. The molecule has 1 N–H and O–H groups in total. The van der Waals surface area contributed by atoms with Crippen molar-refractivity contribution in [3.05, 3.63) is 42.0 Å². The fourth-order valence-electron chi connectivity index (χ4n) is 2.79. The van der Waals surface area contributed by atoms with Crippen LogP contribution in [0, 0.1) is 12.8 Å². The summed E-state index contributed by atoms with van der Waals surface area (Å²) in [6, 6.07) is 10.6. The molecule has 1 fully saturated rings. The van der Waals surface area contributed by atoms with Gasteiger partial charge in [-0.1, -0.05) is 23.4 Å². The van der Waals surface area contributed by atoms with Crippen molar-refractivity contribution in [2.45, 2.75) is 24.8 Å². The smallest absolute Gasteiger partial charge is 0.246 e. The number of rotatable bonds is 5. The van der Waals surface area contributed by atoms with E-state index in [1.807, 2.05) is 25.7 Å². The van der Waals surface area contributed by atoms with Crippen molar-refractivity contribution in [1.82, 2.24) is 20.4 Å². The van der Waals surface area contributed by atoms with Crippen LogP contribution in [0.4, 0.5) is 0 Å². The van der Waals surface area contributed by atoms with E-state index >= 15 is 0 Å². The van der Waals surface area contributed by atoms with Crippen molar-refractivity contribution in [2.75, 3.05) is 25.9 Å². The molecule has 1 atom stereocenters. The average Bonchev–Trinajstić information content (AvgIpc) is 3.24. The van der Waals surface area contributed by atoms with Crippen molar-refractivity contribution < 1.29 is 4.52 Å². The second-order valence-electron chi connectivity index (χ2n) is 5.86. The van der Waals surface area contributed by atoms with Gasteiger partial charge in [-0.05, 0) is 31.4 Å². The van der Waals surface area contributed by atoms with Gasteiger partial charge in [-0.15, -0.1) is 35.7 Å². The zero-order valence-electron chi connectivity index (χ0n) is 14.5. The van der Waals surface area contributed by atoms with Gasteiger partial charge in [0, 0.05) is 30.8 Å². The van der Waals surface area contributed by atoms with Gasteiger partial charge < -0.3 is 14.7 Å². The molecule has 0 saturated carbocycles. The van der Waals surface area contributed by atoms with Crippen molar-refractivity contribution in [3.63, 3.8) is 0 Å². The van der Waals surface area contributed by atoms with Crippen LogP contribution in [-0.4, -0.2) is 46.9 Å². The van der Waals surface area contributed by atoms with E-state index in [4.69, 9.17) is 4.52 Å². The monoisotopic (exact) mass is 473 g/mol. The third-order valence-electron chi connectivity index (χ3n) is 3.99. The first-order valence-electron chi connectivity index (χ1n) is 8.17. The molecule has 0 radical (unpaired) electrons. The lowest BCUT2D eigenvalue weighted by Crippen LogP contribution is -2.39. The minimum atomic E-state index is 0. The van der Waals surface area contributed by atoms with Crippen molar-refractivity contribution in [3.8, 4) is 0 Å². The molecule has 6 nitrogen and oxygen atoms in total. The van der Waals surface area contributed by atoms with Crippen LogP contribution in [0.5, 0.6) is 0 Å². The minimum Gasteiger partial charge on any atom is -0.347 e. The molecule has 3 rings (SSSR count). The maximum absolute atomic E-state index is 5.13. The normalized spacial score (nSPS) is 17.4. The molecular weight excluding hydrogens is 449 g/mol. The molecular formula is C17H24IN5OS. The van der Waals surface area contributed by atoms with Crippen LogP contribution in [0.25, 0.3) is 0 Å². The highest BCUT2D eigenvalue weighted by Crippen LogP contribution is 2.25. The predicted octanol–water partition coefficient (Wildman–Crippen LogP) is 3.19. The van der Waals surface area contributed by atoms with Gasteiger partial charge in [0.25, 0.3) is 0 Å². The van der Waals surface area contributed by atoms with Gasteiger partial charge in [-0.25, -0.2) is 0 Å². The lowest BCUT2D eigenvalue weighted by Gasteiger charge is -2.21. The Morgan fingerprint density at radius 3 is 2.88 bits per heavy atom. The van der Waals surface area contributed by atoms with Crippen LogP contribution in [0.1, 0.15) is 18.1 Å². The fraction of sp³-hybridized carbons (Fsp3) is 0.471. The van der Waals surface area contributed by atoms with E-state index in [2.05, 4.69) is 55.7 Å². The minimum absolute atomic E-state index is 0. The number of aryl methyl sites for hydroxylation is 1. The molecule has 1 aromatic heterocycles. The zero-order chi connectivity index (χ0) is 16.8. The third-order valence-corrected chi connectivity index (χ3v) is 5.24. The van der Waals surface area contributed by atoms with Crippen molar-refractivity contribution in [2.24, 2.45) is 10.9 Å². The Morgan fingerprint density at radius 1 is 1.40 bits per heavy atom. The Morgan fingerprint density at radius 2 is 2.20 bits per heavy atom. The first-order valence-corrected chi connectivity index (χ1v) is 9.16. The number of nitrogens with one attached hydrogen (secondary N) is 1. The summed E-state index contributed by atoms with van der Waals surface area (Å²) in [6.07, 6.45) is 1.19. The summed E-state index contributed by atoms with van der Waals surface area (Å²) < 4.78 is 5.13. The number of benzene rings is 1. The number of halogens is 1. The van der Waals surface area contributed by atoms with E-state index in [9.17, 15) is 0 Å². The molecule has 2 heterocycles. The van der Waals surface area contributed by atoms with Crippen molar-refractivity contribution in [1.29, 1.82) is 0 Å². The number of likely N-dealkylation sites (tertiary alicyclic amines) is 1. The summed E-state index contributed by atoms with van der Waals surface area (Å²) >= 11 is 1.93. The number of thioether (sulfide) groups is 1. The van der Waals surface area contributed by atoms with Crippen molar-refractivity contribution >= 4 is 41.7 Å². The molecule has 0 amide bonds. The van der Waals surface area contributed by atoms with Crippen LogP contribution in [-0.2, 0) is 6.54 Å². The highest BCUT2D eigenvalue weighted by molar-refractivity contribution is 14.0. The Bertz CT molecular complexity index is 679. The highest BCUT2D eigenvalue weighted by Gasteiger charge is 2.25. The predicted molar refractivity (Wildman–Crippen MR) is 111 cm³/mol. The Hall–Kier alpha value is -1.29. The summed E-state index contributed by atoms with van der Waals surface area (Å²) in [4.78, 5) is 12.2. The van der Waals surface area contributed by atoms with Crippen LogP contribution < -0.4 is 5.32 Å². The molecule has 0 bridgehead atoms. The molecule has 2 aromatic rings. The molecule has 0 aliphatic carbocycles. The Labute approximate surface area is 169 Å². The van der Waals surface area contributed by atoms with E-state index in [1.165, 1.54) is 11.3 Å². The zero-order valence-corrected chi connectivity index (χ0v) is 17.7. The van der Waals surface area contributed by atoms with E-state index in [0.717, 1.165) is 24.8 Å². The van der Waals surface area contributed by atoms with Gasteiger partial charge in [0.15, 0.2) is 11.8 Å². The Kier molecular flexibility index (Phi) is 8.01. The number of nitrogens with zero attached hydrogens (tertiary/aromatic N) is 4. The lowest BCUT2D eigenvalue weighted by atomic mass is 10.2. The first kappa shape index (κ1) is 20.0. The molecule has 0 spiro atoms. The number of hydrogen-bond acceptors (Lipinski definition) is 5. The van der Waals surface area contributed by atoms with E-state index in [-0.39, 0.29) is 24.0 Å². The van der Waals surface area contributed by atoms with Crippen LogP contribution in [0.3, 0.4) is 0 Å². The molecule has 1 aliphatic heterocycles. The second-order valence-corrected chi connectivity index (χ2v) is 6.95. The van der Waals surface area contributed by atoms with Gasteiger partial charge in [0.05, 0.1) is 6.54 Å². The first-order chi connectivity index (χ1) is 11.7. The van der Waals surface area contributed by atoms with Crippen LogP contribution in [0.2, 0.25) is 0 Å². The van der Waals surface area contributed by atoms with E-state index in [0.29, 0.717) is 24.2 Å².